The Kier molecular flexibility index (Phi) is 5.81. The average Bonchev–Trinajstić information content (AvgIpc) is 2.43. The van der Waals surface area contributed by atoms with Crippen LogP contribution in [0.15, 0.2) is 24.3 Å². The van der Waals surface area contributed by atoms with Gasteiger partial charge in [-0.25, -0.2) is 0 Å². The van der Waals surface area contributed by atoms with Crippen LogP contribution in [0.1, 0.15) is 33.1 Å². The fourth-order valence-corrected chi connectivity index (χ4v) is 3.88. The van der Waals surface area contributed by atoms with Gasteiger partial charge in [0.25, 0.3) is 0 Å². The fourth-order valence-electron chi connectivity index (χ4n) is 2.61. The number of nitrogens with zero attached hydrogens (tertiary/aromatic N) is 1. The molecule has 3 nitrogen and oxygen atoms in total. The lowest BCUT2D eigenvalue weighted by Gasteiger charge is -2.35. The van der Waals surface area contributed by atoms with Crippen LogP contribution >= 0.6 is 11.8 Å². The molecule has 0 spiro atoms. The highest BCUT2D eigenvalue weighted by atomic mass is 32.2. The van der Waals surface area contributed by atoms with Gasteiger partial charge in [0.05, 0.1) is 12.7 Å². The summed E-state index contributed by atoms with van der Waals surface area (Å²) >= 11 is 2.03. The molecule has 1 heterocycles. The number of nitriles is 1. The van der Waals surface area contributed by atoms with E-state index in [4.69, 9.17) is 10.00 Å². The van der Waals surface area contributed by atoms with Crippen LogP contribution in [-0.2, 0) is 0 Å². The minimum atomic E-state index is 0.409. The maximum atomic E-state index is 8.51. The second-order valence-corrected chi connectivity index (χ2v) is 7.39. The van der Waals surface area contributed by atoms with Gasteiger partial charge in [-0.05, 0) is 36.1 Å². The summed E-state index contributed by atoms with van der Waals surface area (Å²) in [7, 11) is 0. The minimum absolute atomic E-state index is 0.409. The number of ether oxygens (including phenoxy) is 1. The molecule has 2 rings (SSSR count). The molecule has 1 aromatic rings. The Morgan fingerprint density at radius 1 is 1.48 bits per heavy atom. The Bertz CT molecular complexity index is 496. The van der Waals surface area contributed by atoms with Crippen LogP contribution < -0.4 is 10.1 Å². The van der Waals surface area contributed by atoms with Gasteiger partial charge in [0.15, 0.2) is 0 Å². The normalized spacial score (nSPS) is 20.5. The molecule has 1 aliphatic rings. The number of unbranched alkanes of at least 4 members (excludes halogenated alkanes) is 1. The fraction of sp³-hybridized carbons (Fsp3) is 0.588. The van der Waals surface area contributed by atoms with E-state index in [0.29, 0.717) is 24.5 Å². The Morgan fingerprint density at radius 2 is 2.33 bits per heavy atom. The van der Waals surface area contributed by atoms with Crippen LogP contribution in [0, 0.1) is 16.7 Å². The number of rotatable bonds is 6. The molecule has 114 valence electrons. The summed E-state index contributed by atoms with van der Waals surface area (Å²) < 4.78 is 5.68. The van der Waals surface area contributed by atoms with Gasteiger partial charge in [-0.3, -0.25) is 0 Å². The zero-order chi connectivity index (χ0) is 15.1. The number of benzene rings is 1. The molecule has 1 aromatic carbocycles. The lowest BCUT2D eigenvalue weighted by molar-refractivity contribution is 0.313. The number of nitrogens with one attached hydrogen (secondary N) is 1. The molecule has 0 bridgehead atoms. The predicted octanol–water partition coefficient (Wildman–Crippen LogP) is 4.31. The van der Waals surface area contributed by atoms with Crippen LogP contribution in [0.2, 0.25) is 0 Å². The summed E-state index contributed by atoms with van der Waals surface area (Å²) in [4.78, 5) is 0. The van der Waals surface area contributed by atoms with Crippen molar-refractivity contribution >= 4 is 17.4 Å². The first-order chi connectivity index (χ1) is 10.1. The molecule has 1 atom stereocenters. The van der Waals surface area contributed by atoms with E-state index in [0.717, 1.165) is 23.6 Å². The highest BCUT2D eigenvalue weighted by Gasteiger charge is 2.28. The van der Waals surface area contributed by atoms with Crippen molar-refractivity contribution in [1.82, 2.24) is 0 Å². The molecule has 1 unspecified atom stereocenters. The molecule has 4 heteroatoms. The number of thioether (sulfide) groups is 1. The first-order valence-corrected chi connectivity index (χ1v) is 8.69. The molecule has 0 radical (unpaired) electrons. The van der Waals surface area contributed by atoms with Crippen LogP contribution in [-0.4, -0.2) is 24.2 Å². The summed E-state index contributed by atoms with van der Waals surface area (Å²) in [6.45, 7) is 5.27. The summed E-state index contributed by atoms with van der Waals surface area (Å²) in [6.07, 6.45) is 2.53. The third-order valence-electron chi connectivity index (χ3n) is 3.52. The van der Waals surface area contributed by atoms with Crippen molar-refractivity contribution in [3.8, 4) is 11.8 Å². The van der Waals surface area contributed by atoms with Crippen LogP contribution in [0.3, 0.4) is 0 Å². The van der Waals surface area contributed by atoms with Crippen LogP contribution in [0.4, 0.5) is 5.69 Å². The van der Waals surface area contributed by atoms with E-state index >= 15 is 0 Å². The molecule has 1 saturated heterocycles. The van der Waals surface area contributed by atoms with E-state index in [-0.39, 0.29) is 0 Å². The Labute approximate surface area is 132 Å². The lowest BCUT2D eigenvalue weighted by Crippen LogP contribution is -2.35. The maximum absolute atomic E-state index is 8.51. The number of hydrogen-bond acceptors (Lipinski definition) is 4. The maximum Gasteiger partial charge on any atom is 0.121 e. The smallest absolute Gasteiger partial charge is 0.121 e. The second kappa shape index (κ2) is 7.61. The van der Waals surface area contributed by atoms with Crippen molar-refractivity contribution in [2.45, 2.75) is 39.2 Å². The van der Waals surface area contributed by atoms with Crippen molar-refractivity contribution in [3.63, 3.8) is 0 Å². The SMILES string of the molecule is CC1(C)CSCC(Nc2cccc(OCCCC#N)c2)C1. The topological polar surface area (TPSA) is 45.0 Å². The third-order valence-corrected chi connectivity index (χ3v) is 5.14. The quantitative estimate of drug-likeness (QED) is 0.795. The second-order valence-electron chi connectivity index (χ2n) is 6.36. The third kappa shape index (κ3) is 5.51. The van der Waals surface area contributed by atoms with Crippen molar-refractivity contribution in [2.75, 3.05) is 23.4 Å². The van der Waals surface area contributed by atoms with Gasteiger partial charge in [-0.15, -0.1) is 0 Å². The van der Waals surface area contributed by atoms with E-state index in [1.807, 2.05) is 23.9 Å². The van der Waals surface area contributed by atoms with Gasteiger partial charge in [0.1, 0.15) is 5.75 Å². The molecule has 1 aliphatic heterocycles. The van der Waals surface area contributed by atoms with E-state index in [2.05, 4.69) is 37.4 Å². The van der Waals surface area contributed by atoms with Crippen molar-refractivity contribution in [3.05, 3.63) is 24.3 Å². The summed E-state index contributed by atoms with van der Waals surface area (Å²) in [5.41, 5.74) is 1.53. The Hall–Kier alpha value is -1.34. The summed E-state index contributed by atoms with van der Waals surface area (Å²) in [6, 6.07) is 10.8. The number of hydrogen-bond donors (Lipinski definition) is 1. The van der Waals surface area contributed by atoms with Crippen LogP contribution in [0.5, 0.6) is 5.75 Å². The molecule has 0 aromatic heterocycles. The van der Waals surface area contributed by atoms with Gasteiger partial charge >= 0.3 is 0 Å². The van der Waals surface area contributed by atoms with E-state index < -0.39 is 0 Å². The van der Waals surface area contributed by atoms with Gasteiger partial charge in [0, 0.05) is 30.0 Å². The zero-order valence-electron chi connectivity index (χ0n) is 12.9. The largest absolute Gasteiger partial charge is 0.493 e. The monoisotopic (exact) mass is 304 g/mol. The molecule has 0 aliphatic carbocycles. The molecule has 21 heavy (non-hydrogen) atoms. The highest BCUT2D eigenvalue weighted by molar-refractivity contribution is 7.99. The van der Waals surface area contributed by atoms with Gasteiger partial charge in [-0.2, -0.15) is 17.0 Å². The van der Waals surface area contributed by atoms with E-state index in [1.165, 1.54) is 12.2 Å². The van der Waals surface area contributed by atoms with Gasteiger partial charge < -0.3 is 10.1 Å². The molecular weight excluding hydrogens is 280 g/mol. The molecular formula is C17H24N2OS. The molecule has 1 N–H and O–H groups in total. The molecule has 0 amide bonds. The highest BCUT2D eigenvalue weighted by Crippen LogP contribution is 2.35. The first-order valence-electron chi connectivity index (χ1n) is 7.53. The predicted molar refractivity (Wildman–Crippen MR) is 89.9 cm³/mol. The summed E-state index contributed by atoms with van der Waals surface area (Å²) in [5.74, 6) is 3.28. The van der Waals surface area contributed by atoms with Gasteiger partial charge in [-0.1, -0.05) is 19.9 Å². The van der Waals surface area contributed by atoms with E-state index in [9.17, 15) is 0 Å². The lowest BCUT2D eigenvalue weighted by atomic mass is 9.88. The Balaban J connectivity index is 1.87. The van der Waals surface area contributed by atoms with E-state index in [1.54, 1.807) is 0 Å². The first kappa shape index (κ1) is 16.0. The average molecular weight is 304 g/mol. The van der Waals surface area contributed by atoms with Crippen molar-refractivity contribution in [1.29, 1.82) is 5.26 Å². The molecule has 0 saturated carbocycles. The standard InChI is InChI=1S/C17H24N2OS/c1-17(2)11-15(12-21-13-17)19-14-6-5-7-16(10-14)20-9-4-3-8-18/h5-7,10,15,19H,3-4,9,11-13H2,1-2H3. The van der Waals surface area contributed by atoms with Crippen molar-refractivity contribution in [2.24, 2.45) is 5.41 Å². The zero-order valence-corrected chi connectivity index (χ0v) is 13.7. The minimum Gasteiger partial charge on any atom is -0.493 e. The van der Waals surface area contributed by atoms with Crippen molar-refractivity contribution < 1.29 is 4.74 Å². The summed E-state index contributed by atoms with van der Waals surface area (Å²) in [5, 5.41) is 12.1. The number of anilines is 1. The molecule has 1 fully saturated rings. The van der Waals surface area contributed by atoms with Crippen LogP contribution in [0.25, 0.3) is 0 Å². The van der Waals surface area contributed by atoms with Gasteiger partial charge in [0.2, 0.25) is 0 Å². The Morgan fingerprint density at radius 3 is 3.10 bits per heavy atom.